The zero-order valence-electron chi connectivity index (χ0n) is 12.1. The van der Waals surface area contributed by atoms with E-state index in [1.54, 1.807) is 19.0 Å². The van der Waals surface area contributed by atoms with Gasteiger partial charge in [0, 0.05) is 39.6 Å². The monoisotopic (exact) mass is 276 g/mol. The van der Waals surface area contributed by atoms with Crippen LogP contribution in [0.1, 0.15) is 12.0 Å². The van der Waals surface area contributed by atoms with Crippen molar-refractivity contribution in [3.05, 3.63) is 18.0 Å². The summed E-state index contributed by atoms with van der Waals surface area (Å²) in [6.45, 7) is 3.42. The highest BCUT2D eigenvalue weighted by molar-refractivity contribution is 5.79. The zero-order valence-corrected chi connectivity index (χ0v) is 12.1. The lowest BCUT2D eigenvalue weighted by Gasteiger charge is -2.33. The Labute approximate surface area is 118 Å². The Kier molecular flexibility index (Phi) is 3.33. The number of carbonyl (C=O) groups excluding carboxylic acids is 1. The first kappa shape index (κ1) is 13.3. The minimum absolute atomic E-state index is 0.0366. The second kappa shape index (κ2) is 5.01. The van der Waals surface area contributed by atoms with E-state index in [-0.39, 0.29) is 24.0 Å². The Bertz CT molecular complexity index is 502. The van der Waals surface area contributed by atoms with Crippen molar-refractivity contribution in [2.75, 3.05) is 32.1 Å². The van der Waals surface area contributed by atoms with Crippen LogP contribution in [-0.2, 0) is 9.53 Å². The highest BCUT2D eigenvalue weighted by atomic mass is 16.5. The van der Waals surface area contributed by atoms with Gasteiger partial charge in [-0.15, -0.1) is 0 Å². The van der Waals surface area contributed by atoms with Crippen molar-refractivity contribution in [1.82, 2.24) is 14.9 Å². The van der Waals surface area contributed by atoms with Crippen LogP contribution in [0.3, 0.4) is 0 Å². The zero-order chi connectivity index (χ0) is 14.3. The molecule has 0 saturated carbocycles. The number of anilines is 1. The van der Waals surface area contributed by atoms with Gasteiger partial charge in [0.1, 0.15) is 0 Å². The quantitative estimate of drug-likeness (QED) is 0.786. The minimum atomic E-state index is -0.0476. The smallest absolute Gasteiger partial charge is 0.227 e. The molecular weight excluding hydrogens is 256 g/mol. The first-order chi connectivity index (χ1) is 9.54. The molecule has 2 fully saturated rings. The number of hydrogen-bond donors (Lipinski definition) is 0. The average Bonchev–Trinajstić information content (AvgIpc) is 2.73. The fraction of sp³-hybridized carbons (Fsp3) is 0.643. The molecule has 0 N–H and O–H groups in total. The molecular formula is C14H20N4O2. The van der Waals surface area contributed by atoms with Crippen molar-refractivity contribution in [2.24, 2.45) is 5.92 Å². The molecule has 0 aromatic carbocycles. The summed E-state index contributed by atoms with van der Waals surface area (Å²) in [6, 6.07) is 0. The van der Waals surface area contributed by atoms with Crippen LogP contribution in [0, 0.1) is 12.8 Å². The van der Waals surface area contributed by atoms with Crippen LogP contribution >= 0.6 is 0 Å². The van der Waals surface area contributed by atoms with Crippen LogP contribution in [0.4, 0.5) is 5.95 Å². The predicted molar refractivity (Wildman–Crippen MR) is 74.4 cm³/mol. The topological polar surface area (TPSA) is 58.6 Å². The lowest BCUT2D eigenvalue weighted by atomic mass is 9.99. The van der Waals surface area contributed by atoms with Gasteiger partial charge in [-0.2, -0.15) is 0 Å². The highest BCUT2D eigenvalue weighted by Gasteiger charge is 2.45. The Morgan fingerprint density at radius 3 is 2.70 bits per heavy atom. The molecule has 3 rings (SSSR count). The number of rotatable bonds is 2. The number of fused-ring (bicyclic) bond motifs is 2. The lowest BCUT2D eigenvalue weighted by Crippen LogP contribution is -2.46. The summed E-state index contributed by atoms with van der Waals surface area (Å²) in [5.74, 6) is 0.849. The molecule has 108 valence electrons. The van der Waals surface area contributed by atoms with Crippen LogP contribution in [0.15, 0.2) is 12.4 Å². The van der Waals surface area contributed by atoms with Gasteiger partial charge in [-0.25, -0.2) is 9.97 Å². The molecule has 20 heavy (non-hydrogen) atoms. The Hall–Kier alpha value is -1.69. The average molecular weight is 276 g/mol. The van der Waals surface area contributed by atoms with Gasteiger partial charge in [0.2, 0.25) is 11.9 Å². The third kappa shape index (κ3) is 2.35. The minimum Gasteiger partial charge on any atom is -0.370 e. The van der Waals surface area contributed by atoms with Gasteiger partial charge in [-0.1, -0.05) is 0 Å². The first-order valence-electron chi connectivity index (χ1n) is 6.95. The molecule has 0 spiro atoms. The van der Waals surface area contributed by atoms with Crippen molar-refractivity contribution in [3.63, 3.8) is 0 Å². The standard InChI is InChI=1S/C14H20N4O2/c1-9-5-15-14(16-6-9)18-7-10-4-11(12(8-18)20-10)13(19)17(2)3/h5-6,10-12H,4,7-8H2,1-3H3/t10-,11-,12-/m0/s1. The molecule has 3 heterocycles. The predicted octanol–water partition coefficient (Wildman–Crippen LogP) is 0.467. The number of amides is 1. The van der Waals surface area contributed by atoms with E-state index < -0.39 is 0 Å². The van der Waals surface area contributed by atoms with E-state index in [1.807, 2.05) is 19.3 Å². The van der Waals surface area contributed by atoms with Gasteiger partial charge in [0.25, 0.3) is 0 Å². The van der Waals surface area contributed by atoms with Crippen LogP contribution in [-0.4, -0.2) is 60.2 Å². The maximum absolute atomic E-state index is 12.2. The van der Waals surface area contributed by atoms with E-state index in [9.17, 15) is 4.79 Å². The molecule has 0 aliphatic carbocycles. The number of hydrogen-bond acceptors (Lipinski definition) is 5. The van der Waals surface area contributed by atoms with Gasteiger partial charge in [0.05, 0.1) is 18.1 Å². The van der Waals surface area contributed by atoms with Gasteiger partial charge >= 0.3 is 0 Å². The van der Waals surface area contributed by atoms with Crippen molar-refractivity contribution >= 4 is 11.9 Å². The summed E-state index contributed by atoms with van der Waals surface area (Å²) in [5.41, 5.74) is 1.05. The fourth-order valence-corrected chi connectivity index (χ4v) is 2.96. The third-order valence-corrected chi connectivity index (χ3v) is 3.97. The molecule has 2 bridgehead atoms. The largest absolute Gasteiger partial charge is 0.370 e. The Morgan fingerprint density at radius 2 is 2.05 bits per heavy atom. The van der Waals surface area contributed by atoms with Crippen molar-refractivity contribution in [1.29, 1.82) is 0 Å². The molecule has 6 heteroatoms. The van der Waals surface area contributed by atoms with Crippen molar-refractivity contribution in [3.8, 4) is 0 Å². The first-order valence-corrected chi connectivity index (χ1v) is 6.95. The molecule has 2 aliphatic heterocycles. The molecule has 1 aromatic rings. The van der Waals surface area contributed by atoms with Crippen LogP contribution in [0.25, 0.3) is 0 Å². The summed E-state index contributed by atoms with van der Waals surface area (Å²) in [5, 5.41) is 0. The number of morpholine rings is 1. The second-order valence-electron chi connectivity index (χ2n) is 5.84. The third-order valence-electron chi connectivity index (χ3n) is 3.97. The molecule has 2 aliphatic rings. The molecule has 3 atom stereocenters. The normalized spacial score (nSPS) is 28.6. The number of ether oxygens (including phenoxy) is 1. The SMILES string of the molecule is Cc1cnc(N2C[C@@H]3C[C@H](C(=O)N(C)C)[C@H](C2)O3)nc1. The Balaban J connectivity index is 1.75. The number of aryl methyl sites for hydroxylation is 1. The van der Waals surface area contributed by atoms with Crippen molar-refractivity contribution < 1.29 is 9.53 Å². The van der Waals surface area contributed by atoms with Gasteiger partial charge in [-0.3, -0.25) is 4.79 Å². The molecule has 0 unspecified atom stereocenters. The van der Waals surface area contributed by atoms with E-state index >= 15 is 0 Å². The van der Waals surface area contributed by atoms with Gasteiger partial charge < -0.3 is 14.5 Å². The summed E-state index contributed by atoms with van der Waals surface area (Å²) < 4.78 is 5.91. The van der Waals surface area contributed by atoms with E-state index in [1.165, 1.54) is 0 Å². The Morgan fingerprint density at radius 1 is 1.35 bits per heavy atom. The summed E-state index contributed by atoms with van der Waals surface area (Å²) in [6.07, 6.45) is 4.50. The molecule has 2 saturated heterocycles. The van der Waals surface area contributed by atoms with Crippen LogP contribution in [0.2, 0.25) is 0 Å². The molecule has 1 amide bonds. The van der Waals surface area contributed by atoms with Crippen LogP contribution in [0.5, 0.6) is 0 Å². The maximum atomic E-state index is 12.2. The highest BCUT2D eigenvalue weighted by Crippen LogP contribution is 2.33. The van der Waals surface area contributed by atoms with E-state index in [4.69, 9.17) is 4.74 Å². The fourth-order valence-electron chi connectivity index (χ4n) is 2.96. The lowest BCUT2D eigenvalue weighted by molar-refractivity contribution is -0.134. The molecule has 6 nitrogen and oxygen atoms in total. The van der Waals surface area contributed by atoms with E-state index in [0.29, 0.717) is 6.54 Å². The van der Waals surface area contributed by atoms with E-state index in [0.717, 1.165) is 24.5 Å². The summed E-state index contributed by atoms with van der Waals surface area (Å²) in [4.78, 5) is 24.7. The maximum Gasteiger partial charge on any atom is 0.227 e. The van der Waals surface area contributed by atoms with Gasteiger partial charge in [-0.05, 0) is 18.9 Å². The number of aromatic nitrogens is 2. The number of carbonyl (C=O) groups is 1. The summed E-state index contributed by atoms with van der Waals surface area (Å²) >= 11 is 0. The number of nitrogens with zero attached hydrogens (tertiary/aromatic N) is 4. The van der Waals surface area contributed by atoms with Crippen molar-refractivity contribution in [2.45, 2.75) is 25.6 Å². The van der Waals surface area contributed by atoms with E-state index in [2.05, 4.69) is 14.9 Å². The summed E-state index contributed by atoms with van der Waals surface area (Å²) in [7, 11) is 3.59. The van der Waals surface area contributed by atoms with Crippen LogP contribution < -0.4 is 4.90 Å². The second-order valence-corrected chi connectivity index (χ2v) is 5.84. The van der Waals surface area contributed by atoms with Gasteiger partial charge in [0.15, 0.2) is 0 Å². The molecule has 0 radical (unpaired) electrons. The molecule has 1 aromatic heterocycles.